The van der Waals surface area contributed by atoms with Crippen LogP contribution in [0.5, 0.6) is 0 Å². The first kappa shape index (κ1) is 11.0. The van der Waals surface area contributed by atoms with E-state index in [1.807, 2.05) is 13.0 Å². The maximum absolute atomic E-state index is 11.3. The lowest BCUT2D eigenvalue weighted by Crippen LogP contribution is -2.19. The molecule has 78 valence electrons. The topological polar surface area (TPSA) is 34.9 Å². The Balaban J connectivity index is 3.02. The van der Waals surface area contributed by atoms with E-state index in [0.717, 1.165) is 12.2 Å². The van der Waals surface area contributed by atoms with Gasteiger partial charge in [-0.2, -0.15) is 5.10 Å². The average Bonchev–Trinajstić information content (AvgIpc) is 2.27. The molecule has 0 unspecified atom stereocenters. The van der Waals surface area contributed by atoms with Gasteiger partial charge in [0.25, 0.3) is 0 Å². The molecule has 1 aromatic rings. The van der Waals surface area contributed by atoms with Crippen molar-refractivity contribution in [2.75, 3.05) is 0 Å². The highest BCUT2D eigenvalue weighted by molar-refractivity contribution is 5.92. The van der Waals surface area contributed by atoms with Gasteiger partial charge < -0.3 is 0 Å². The Hall–Kier alpha value is -1.12. The van der Waals surface area contributed by atoms with E-state index in [1.54, 1.807) is 11.6 Å². The third-order valence-electron chi connectivity index (χ3n) is 1.89. The second kappa shape index (κ2) is 3.56. The summed E-state index contributed by atoms with van der Waals surface area (Å²) in [6, 6.07) is 1.84. The van der Waals surface area contributed by atoms with E-state index in [9.17, 15) is 4.79 Å². The van der Waals surface area contributed by atoms with Gasteiger partial charge in [-0.05, 0) is 18.4 Å². The number of ketones is 1. The van der Waals surface area contributed by atoms with Crippen molar-refractivity contribution in [1.82, 2.24) is 9.78 Å². The van der Waals surface area contributed by atoms with E-state index >= 15 is 0 Å². The fraction of sp³-hybridized carbons (Fsp3) is 0.636. The number of aromatic nitrogens is 2. The summed E-state index contributed by atoms with van der Waals surface area (Å²) < 4.78 is 1.80. The van der Waals surface area contributed by atoms with Crippen molar-refractivity contribution in [1.29, 1.82) is 0 Å². The molecule has 0 fully saturated rings. The molecule has 0 N–H and O–H groups in total. The second-order valence-electron chi connectivity index (χ2n) is 4.95. The Morgan fingerprint density at radius 2 is 2.07 bits per heavy atom. The largest absolute Gasteiger partial charge is 0.293 e. The van der Waals surface area contributed by atoms with Gasteiger partial charge in [-0.25, -0.2) is 0 Å². The second-order valence-corrected chi connectivity index (χ2v) is 4.95. The normalized spacial score (nSPS) is 11.8. The highest BCUT2D eigenvalue weighted by Gasteiger charge is 2.16. The number of aryl methyl sites for hydroxylation is 1. The van der Waals surface area contributed by atoms with Crippen molar-refractivity contribution in [2.24, 2.45) is 5.41 Å². The van der Waals surface area contributed by atoms with Crippen molar-refractivity contribution in [2.45, 2.75) is 41.2 Å². The van der Waals surface area contributed by atoms with Crippen LogP contribution in [0.2, 0.25) is 0 Å². The molecular formula is C11H18N2O. The molecule has 1 aromatic heterocycles. The molecule has 0 aliphatic heterocycles. The Labute approximate surface area is 85.1 Å². The molecule has 0 aliphatic rings. The molecule has 3 nitrogen and oxygen atoms in total. The molecule has 14 heavy (non-hydrogen) atoms. The number of rotatable bonds is 2. The third-order valence-corrected chi connectivity index (χ3v) is 1.89. The number of hydrogen-bond acceptors (Lipinski definition) is 2. The molecule has 0 amide bonds. The molecule has 0 bridgehead atoms. The number of carbonyl (C=O) groups is 1. The standard InChI is InChI=1S/C11H18N2O/c1-8-6-10(9(2)14)13(12-8)7-11(3,4)5/h6H,7H2,1-5H3. The van der Waals surface area contributed by atoms with Gasteiger partial charge in [-0.15, -0.1) is 0 Å². The molecule has 0 atom stereocenters. The summed E-state index contributed by atoms with van der Waals surface area (Å²) in [5.74, 6) is 0.0786. The van der Waals surface area contributed by atoms with Gasteiger partial charge in [0, 0.05) is 13.5 Å². The van der Waals surface area contributed by atoms with Gasteiger partial charge in [0.15, 0.2) is 5.78 Å². The molecule has 0 saturated heterocycles. The minimum atomic E-state index is 0.0786. The Bertz CT molecular complexity index is 345. The van der Waals surface area contributed by atoms with E-state index in [-0.39, 0.29) is 11.2 Å². The SMILES string of the molecule is CC(=O)c1cc(C)nn1CC(C)(C)C. The van der Waals surface area contributed by atoms with Crippen LogP contribution >= 0.6 is 0 Å². The zero-order valence-electron chi connectivity index (χ0n) is 9.59. The van der Waals surface area contributed by atoms with Crippen LogP contribution in [0.1, 0.15) is 43.9 Å². The van der Waals surface area contributed by atoms with Gasteiger partial charge in [0.05, 0.1) is 5.69 Å². The summed E-state index contributed by atoms with van der Waals surface area (Å²) in [6.45, 7) is 10.7. The molecule has 1 heterocycles. The fourth-order valence-corrected chi connectivity index (χ4v) is 1.40. The van der Waals surface area contributed by atoms with Crippen molar-refractivity contribution in [3.63, 3.8) is 0 Å². The maximum atomic E-state index is 11.3. The van der Waals surface area contributed by atoms with Crippen molar-refractivity contribution < 1.29 is 4.79 Å². The van der Waals surface area contributed by atoms with Gasteiger partial charge in [-0.1, -0.05) is 20.8 Å². The summed E-state index contributed by atoms with van der Waals surface area (Å²) in [5.41, 5.74) is 1.75. The average molecular weight is 194 g/mol. The van der Waals surface area contributed by atoms with Crippen LogP contribution in [-0.2, 0) is 6.54 Å². The van der Waals surface area contributed by atoms with Gasteiger partial charge in [0.1, 0.15) is 5.69 Å². The van der Waals surface area contributed by atoms with E-state index in [1.165, 1.54) is 0 Å². The zero-order valence-corrected chi connectivity index (χ0v) is 9.59. The lowest BCUT2D eigenvalue weighted by atomic mass is 9.97. The summed E-state index contributed by atoms with van der Waals surface area (Å²) in [7, 11) is 0. The maximum Gasteiger partial charge on any atom is 0.177 e. The lowest BCUT2D eigenvalue weighted by molar-refractivity contribution is 0.100. The van der Waals surface area contributed by atoms with Crippen molar-refractivity contribution in [3.8, 4) is 0 Å². The van der Waals surface area contributed by atoms with Gasteiger partial charge in [0.2, 0.25) is 0 Å². The highest BCUT2D eigenvalue weighted by Crippen LogP contribution is 2.17. The highest BCUT2D eigenvalue weighted by atomic mass is 16.1. The first-order valence-electron chi connectivity index (χ1n) is 4.85. The number of carbonyl (C=O) groups excluding carboxylic acids is 1. The molecule has 0 aliphatic carbocycles. The van der Waals surface area contributed by atoms with Crippen LogP contribution in [0.25, 0.3) is 0 Å². The third kappa shape index (κ3) is 2.69. The number of hydrogen-bond donors (Lipinski definition) is 0. The summed E-state index contributed by atoms with van der Waals surface area (Å²) >= 11 is 0. The molecule has 3 heteroatoms. The smallest absolute Gasteiger partial charge is 0.177 e. The molecule has 0 radical (unpaired) electrons. The summed E-state index contributed by atoms with van der Waals surface area (Å²) in [4.78, 5) is 11.3. The Kier molecular flexibility index (Phi) is 2.79. The van der Waals surface area contributed by atoms with Gasteiger partial charge >= 0.3 is 0 Å². The van der Waals surface area contributed by atoms with Crippen LogP contribution in [-0.4, -0.2) is 15.6 Å². The zero-order chi connectivity index (χ0) is 10.9. The molecule has 0 aromatic carbocycles. The lowest BCUT2D eigenvalue weighted by Gasteiger charge is -2.19. The molecule has 1 rings (SSSR count). The van der Waals surface area contributed by atoms with E-state index < -0.39 is 0 Å². The van der Waals surface area contributed by atoms with E-state index in [0.29, 0.717) is 5.69 Å². The quantitative estimate of drug-likeness (QED) is 0.678. The van der Waals surface area contributed by atoms with E-state index in [4.69, 9.17) is 0 Å². The van der Waals surface area contributed by atoms with Crippen molar-refractivity contribution >= 4 is 5.78 Å². The van der Waals surface area contributed by atoms with Gasteiger partial charge in [-0.3, -0.25) is 9.48 Å². The Morgan fingerprint density at radius 1 is 1.50 bits per heavy atom. The predicted octanol–water partition coefficient (Wildman–Crippen LogP) is 2.44. The first-order valence-corrected chi connectivity index (χ1v) is 4.85. The van der Waals surface area contributed by atoms with Crippen LogP contribution < -0.4 is 0 Å². The fourth-order valence-electron chi connectivity index (χ4n) is 1.40. The predicted molar refractivity (Wildman–Crippen MR) is 56.4 cm³/mol. The minimum Gasteiger partial charge on any atom is -0.293 e. The molecule has 0 saturated carbocycles. The summed E-state index contributed by atoms with van der Waals surface area (Å²) in [5, 5.41) is 4.31. The molecule has 0 spiro atoms. The van der Waals surface area contributed by atoms with Crippen LogP contribution in [0, 0.1) is 12.3 Å². The Morgan fingerprint density at radius 3 is 2.50 bits per heavy atom. The van der Waals surface area contributed by atoms with Crippen LogP contribution in [0.4, 0.5) is 0 Å². The summed E-state index contributed by atoms with van der Waals surface area (Å²) in [6.07, 6.45) is 0. The van der Waals surface area contributed by atoms with Crippen LogP contribution in [0.15, 0.2) is 6.07 Å². The van der Waals surface area contributed by atoms with Crippen LogP contribution in [0.3, 0.4) is 0 Å². The van der Waals surface area contributed by atoms with Crippen molar-refractivity contribution in [3.05, 3.63) is 17.5 Å². The number of Topliss-reactive ketones (excluding diaryl/α,β-unsaturated/α-hetero) is 1. The molecular weight excluding hydrogens is 176 g/mol. The minimum absolute atomic E-state index is 0.0786. The monoisotopic (exact) mass is 194 g/mol. The first-order chi connectivity index (χ1) is 6.29. The number of nitrogens with zero attached hydrogens (tertiary/aromatic N) is 2. The van der Waals surface area contributed by atoms with E-state index in [2.05, 4.69) is 25.9 Å².